The molecule has 0 radical (unpaired) electrons. The van der Waals surface area contributed by atoms with Crippen molar-refractivity contribution >= 4 is 11.9 Å². The molecule has 0 bridgehead atoms. The van der Waals surface area contributed by atoms with E-state index in [1.165, 1.54) is 5.56 Å². The first-order chi connectivity index (χ1) is 13.5. The average Bonchev–Trinajstić information content (AvgIpc) is 3.18. The third kappa shape index (κ3) is 4.63. The van der Waals surface area contributed by atoms with E-state index in [4.69, 9.17) is 14.2 Å². The maximum absolute atomic E-state index is 12.3. The van der Waals surface area contributed by atoms with Crippen molar-refractivity contribution in [3.63, 3.8) is 0 Å². The largest absolute Gasteiger partial charge is 0.454 e. The third-order valence-electron chi connectivity index (χ3n) is 4.67. The molecule has 1 heterocycles. The molecule has 1 aliphatic rings. The fourth-order valence-corrected chi connectivity index (χ4v) is 3.05. The van der Waals surface area contributed by atoms with Crippen LogP contribution in [0.15, 0.2) is 42.5 Å². The summed E-state index contributed by atoms with van der Waals surface area (Å²) in [5.41, 5.74) is 2.59. The minimum absolute atomic E-state index is 0.131. The molecule has 0 aliphatic carbocycles. The topological polar surface area (TPSA) is 73.9 Å². The number of carbonyl (C=O) groups is 2. The molecule has 0 aromatic heterocycles. The molecule has 1 aliphatic heterocycles. The van der Waals surface area contributed by atoms with Gasteiger partial charge in [-0.05, 0) is 41.7 Å². The van der Waals surface area contributed by atoms with Gasteiger partial charge in [-0.3, -0.25) is 4.79 Å². The molecule has 0 spiro atoms. The maximum Gasteiger partial charge on any atom is 0.338 e. The van der Waals surface area contributed by atoms with Crippen LogP contribution >= 0.6 is 0 Å². The fourth-order valence-electron chi connectivity index (χ4n) is 3.05. The summed E-state index contributed by atoms with van der Waals surface area (Å²) in [6, 6.07) is 12.8. The van der Waals surface area contributed by atoms with E-state index in [0.717, 1.165) is 12.0 Å². The zero-order valence-corrected chi connectivity index (χ0v) is 16.4. The van der Waals surface area contributed by atoms with Crippen molar-refractivity contribution in [2.24, 2.45) is 5.92 Å². The SMILES string of the molecule is CCc1ccc([C@H](NC(=O)COC(=O)c2ccc3c(c2)OCO3)C(C)C)cc1. The number of hydrogen-bond donors (Lipinski definition) is 1. The molecule has 0 fully saturated rings. The normalized spacial score (nSPS) is 13.3. The summed E-state index contributed by atoms with van der Waals surface area (Å²) in [5, 5.41) is 2.96. The number of benzene rings is 2. The van der Waals surface area contributed by atoms with E-state index >= 15 is 0 Å². The van der Waals surface area contributed by atoms with Gasteiger partial charge < -0.3 is 19.5 Å². The van der Waals surface area contributed by atoms with Crippen LogP contribution in [0.4, 0.5) is 0 Å². The van der Waals surface area contributed by atoms with E-state index in [-0.39, 0.29) is 31.3 Å². The first-order valence-corrected chi connectivity index (χ1v) is 9.43. The van der Waals surface area contributed by atoms with Crippen LogP contribution in [0.25, 0.3) is 0 Å². The summed E-state index contributed by atoms with van der Waals surface area (Å²) in [7, 11) is 0. The van der Waals surface area contributed by atoms with Crippen LogP contribution in [0.3, 0.4) is 0 Å². The van der Waals surface area contributed by atoms with E-state index in [9.17, 15) is 9.59 Å². The summed E-state index contributed by atoms with van der Waals surface area (Å²) in [4.78, 5) is 24.6. The Hall–Kier alpha value is -3.02. The number of carbonyl (C=O) groups excluding carboxylic acids is 2. The summed E-state index contributed by atoms with van der Waals surface area (Å²) in [6.45, 7) is 5.97. The zero-order valence-electron chi connectivity index (χ0n) is 16.4. The van der Waals surface area contributed by atoms with E-state index in [0.29, 0.717) is 17.1 Å². The zero-order chi connectivity index (χ0) is 20.1. The van der Waals surface area contributed by atoms with Crippen LogP contribution in [-0.2, 0) is 16.0 Å². The second kappa shape index (κ2) is 8.78. The van der Waals surface area contributed by atoms with Gasteiger partial charge in [0, 0.05) is 0 Å². The van der Waals surface area contributed by atoms with Gasteiger partial charge in [0.05, 0.1) is 11.6 Å². The molecule has 0 unspecified atom stereocenters. The fraction of sp³-hybridized carbons (Fsp3) is 0.364. The lowest BCUT2D eigenvalue weighted by atomic mass is 9.95. The highest BCUT2D eigenvalue weighted by Gasteiger charge is 2.21. The molecule has 0 saturated heterocycles. The molecule has 1 atom stereocenters. The number of fused-ring (bicyclic) bond motifs is 1. The van der Waals surface area contributed by atoms with Gasteiger partial charge in [0.1, 0.15) is 0 Å². The Morgan fingerprint density at radius 3 is 2.46 bits per heavy atom. The minimum Gasteiger partial charge on any atom is -0.454 e. The summed E-state index contributed by atoms with van der Waals surface area (Å²) < 4.78 is 15.6. The van der Waals surface area contributed by atoms with Crippen LogP contribution in [-0.4, -0.2) is 25.3 Å². The quantitative estimate of drug-likeness (QED) is 0.739. The van der Waals surface area contributed by atoms with Crippen LogP contribution in [0.5, 0.6) is 11.5 Å². The highest BCUT2D eigenvalue weighted by atomic mass is 16.7. The van der Waals surface area contributed by atoms with Gasteiger partial charge in [-0.15, -0.1) is 0 Å². The van der Waals surface area contributed by atoms with Crippen molar-refractivity contribution in [3.8, 4) is 11.5 Å². The predicted molar refractivity (Wildman–Crippen MR) is 104 cm³/mol. The number of hydrogen-bond acceptors (Lipinski definition) is 5. The number of ether oxygens (including phenoxy) is 3. The molecular weight excluding hydrogens is 358 g/mol. The molecule has 1 N–H and O–H groups in total. The van der Waals surface area contributed by atoms with Gasteiger partial charge in [0.2, 0.25) is 6.79 Å². The number of amides is 1. The molecule has 3 rings (SSSR count). The van der Waals surface area contributed by atoms with E-state index in [2.05, 4.69) is 24.4 Å². The van der Waals surface area contributed by atoms with Crippen LogP contribution in [0.1, 0.15) is 48.3 Å². The highest BCUT2D eigenvalue weighted by molar-refractivity contribution is 5.92. The van der Waals surface area contributed by atoms with Gasteiger partial charge in [-0.1, -0.05) is 45.0 Å². The lowest BCUT2D eigenvalue weighted by molar-refractivity contribution is -0.125. The Bertz CT molecular complexity index is 845. The van der Waals surface area contributed by atoms with E-state index < -0.39 is 5.97 Å². The number of nitrogens with one attached hydrogen (secondary N) is 1. The monoisotopic (exact) mass is 383 g/mol. The molecular formula is C22H25NO5. The Morgan fingerprint density at radius 2 is 1.79 bits per heavy atom. The second-order valence-electron chi connectivity index (χ2n) is 7.03. The van der Waals surface area contributed by atoms with Gasteiger partial charge >= 0.3 is 5.97 Å². The third-order valence-corrected chi connectivity index (χ3v) is 4.67. The Balaban J connectivity index is 1.57. The summed E-state index contributed by atoms with van der Waals surface area (Å²) >= 11 is 0. The van der Waals surface area contributed by atoms with Gasteiger partial charge in [-0.2, -0.15) is 0 Å². The molecule has 0 saturated carbocycles. The average molecular weight is 383 g/mol. The molecule has 2 aromatic carbocycles. The summed E-state index contributed by atoms with van der Waals surface area (Å²) in [6.07, 6.45) is 0.967. The molecule has 1 amide bonds. The summed E-state index contributed by atoms with van der Waals surface area (Å²) in [5.74, 6) is 0.354. The molecule has 28 heavy (non-hydrogen) atoms. The van der Waals surface area contributed by atoms with Crippen LogP contribution in [0.2, 0.25) is 0 Å². The Kier molecular flexibility index (Phi) is 6.19. The van der Waals surface area contributed by atoms with E-state index in [1.807, 2.05) is 26.0 Å². The second-order valence-corrected chi connectivity index (χ2v) is 7.03. The number of esters is 1. The lowest BCUT2D eigenvalue weighted by Gasteiger charge is -2.23. The molecule has 6 nitrogen and oxygen atoms in total. The predicted octanol–water partition coefficient (Wildman–Crippen LogP) is 3.65. The first kappa shape index (κ1) is 19.7. The van der Waals surface area contributed by atoms with Crippen LogP contribution in [0, 0.1) is 5.92 Å². The minimum atomic E-state index is -0.582. The lowest BCUT2D eigenvalue weighted by Crippen LogP contribution is -2.35. The van der Waals surface area contributed by atoms with Gasteiger partial charge in [-0.25, -0.2) is 4.79 Å². The van der Waals surface area contributed by atoms with Crippen molar-refractivity contribution in [2.75, 3.05) is 13.4 Å². The Labute approximate surface area is 164 Å². The van der Waals surface area contributed by atoms with Crippen molar-refractivity contribution in [3.05, 3.63) is 59.2 Å². The van der Waals surface area contributed by atoms with Crippen molar-refractivity contribution in [1.82, 2.24) is 5.32 Å². The van der Waals surface area contributed by atoms with Crippen molar-refractivity contribution < 1.29 is 23.8 Å². The number of aryl methyl sites for hydroxylation is 1. The standard InChI is InChI=1S/C22H25NO5/c1-4-15-5-7-16(8-6-15)21(14(2)3)23-20(24)12-26-22(25)17-9-10-18-19(11-17)28-13-27-18/h5-11,14,21H,4,12-13H2,1-3H3,(H,23,24)/t21-/m1/s1. The number of rotatable bonds is 7. The maximum atomic E-state index is 12.3. The van der Waals surface area contributed by atoms with Gasteiger partial charge in [0.15, 0.2) is 18.1 Å². The van der Waals surface area contributed by atoms with Crippen molar-refractivity contribution in [1.29, 1.82) is 0 Å². The van der Waals surface area contributed by atoms with Crippen molar-refractivity contribution in [2.45, 2.75) is 33.2 Å². The molecule has 6 heteroatoms. The smallest absolute Gasteiger partial charge is 0.338 e. The molecule has 148 valence electrons. The van der Waals surface area contributed by atoms with Crippen LogP contribution < -0.4 is 14.8 Å². The first-order valence-electron chi connectivity index (χ1n) is 9.43. The van der Waals surface area contributed by atoms with E-state index in [1.54, 1.807) is 18.2 Å². The Morgan fingerprint density at radius 1 is 1.07 bits per heavy atom. The van der Waals surface area contributed by atoms with Gasteiger partial charge in [0.25, 0.3) is 5.91 Å². The molecule has 2 aromatic rings. The highest BCUT2D eigenvalue weighted by Crippen LogP contribution is 2.32.